The van der Waals surface area contributed by atoms with E-state index in [1.165, 1.54) is 0 Å². The maximum Gasteiger partial charge on any atom is 0.405 e. The van der Waals surface area contributed by atoms with Gasteiger partial charge in [-0.1, -0.05) is 24.3 Å². The molecule has 26 heavy (non-hydrogen) atoms. The lowest BCUT2D eigenvalue weighted by Crippen LogP contribution is -2.50. The maximum atomic E-state index is 12.0. The molecular weight excluding hydrogens is 352 g/mol. The molecule has 3 aromatic rings. The number of nitrogens with zero attached hydrogens (tertiary/aromatic N) is 1. The van der Waals surface area contributed by atoms with E-state index in [0.29, 0.717) is 16.8 Å². The quantitative estimate of drug-likeness (QED) is 0.530. The highest BCUT2D eigenvalue weighted by Gasteiger charge is 2.40. The molecule has 1 aliphatic rings. The molecule has 0 radical (unpaired) electrons. The lowest BCUT2D eigenvalue weighted by Gasteiger charge is -2.42. The Morgan fingerprint density at radius 1 is 1.35 bits per heavy atom. The molecule has 8 heteroatoms. The normalized spacial score (nSPS) is 15.5. The molecule has 7 nitrogen and oxygen atoms in total. The zero-order valence-electron chi connectivity index (χ0n) is 13.9. The lowest BCUT2D eigenvalue weighted by molar-refractivity contribution is 0.144. The number of hydrogen-bond acceptors (Lipinski definition) is 3. The van der Waals surface area contributed by atoms with Gasteiger partial charge in [0.2, 0.25) is 0 Å². The summed E-state index contributed by atoms with van der Waals surface area (Å²) in [4.78, 5) is 28.8. The van der Waals surface area contributed by atoms with Crippen LogP contribution in [0.4, 0.5) is 4.79 Å². The van der Waals surface area contributed by atoms with Crippen LogP contribution in [0.1, 0.15) is 30.4 Å². The average Bonchev–Trinajstić information content (AvgIpc) is 3.05. The number of fused-ring (bicyclic) bond motifs is 1. The molecule has 2 aromatic heterocycles. The molecule has 0 atom stereocenters. The summed E-state index contributed by atoms with van der Waals surface area (Å²) in [5.41, 5.74) is 2.44. The number of rotatable bonds is 4. The van der Waals surface area contributed by atoms with E-state index in [0.717, 1.165) is 35.9 Å². The Balaban J connectivity index is 1.73. The van der Waals surface area contributed by atoms with E-state index in [4.69, 9.17) is 12.2 Å². The molecular formula is C18H18N4O3S. The van der Waals surface area contributed by atoms with Crippen LogP contribution in [0.3, 0.4) is 0 Å². The predicted molar refractivity (Wildman–Crippen MR) is 100.0 cm³/mol. The lowest BCUT2D eigenvalue weighted by atomic mass is 9.71. The Morgan fingerprint density at radius 2 is 2.15 bits per heavy atom. The van der Waals surface area contributed by atoms with Gasteiger partial charge in [-0.3, -0.25) is 9.78 Å². The highest BCUT2D eigenvalue weighted by molar-refractivity contribution is 7.71. The molecule has 4 rings (SSSR count). The highest BCUT2D eigenvalue weighted by atomic mass is 32.1. The van der Waals surface area contributed by atoms with Crippen molar-refractivity contribution in [3.63, 3.8) is 0 Å². The molecule has 1 aliphatic carbocycles. The van der Waals surface area contributed by atoms with Gasteiger partial charge in [-0.2, -0.15) is 0 Å². The molecule has 0 bridgehead atoms. The van der Waals surface area contributed by atoms with Crippen molar-refractivity contribution >= 4 is 29.3 Å². The number of aromatic amines is 2. The summed E-state index contributed by atoms with van der Waals surface area (Å²) in [6.45, 7) is 0.487. The van der Waals surface area contributed by atoms with E-state index in [9.17, 15) is 14.7 Å². The van der Waals surface area contributed by atoms with Crippen molar-refractivity contribution in [1.82, 2.24) is 19.9 Å². The van der Waals surface area contributed by atoms with Crippen LogP contribution in [0.25, 0.3) is 11.0 Å². The molecule has 0 saturated heterocycles. The van der Waals surface area contributed by atoms with E-state index < -0.39 is 11.6 Å². The second-order valence-corrected chi connectivity index (χ2v) is 7.04. The Bertz CT molecular complexity index is 1110. The van der Waals surface area contributed by atoms with Gasteiger partial charge in [0, 0.05) is 6.20 Å². The van der Waals surface area contributed by atoms with Gasteiger partial charge < -0.3 is 20.0 Å². The van der Waals surface area contributed by atoms with Crippen molar-refractivity contribution in [1.29, 1.82) is 0 Å². The number of carboxylic acid groups (broad SMARTS) is 1. The van der Waals surface area contributed by atoms with Crippen molar-refractivity contribution in [2.75, 3.05) is 0 Å². The molecule has 2 heterocycles. The molecule has 0 spiro atoms. The van der Waals surface area contributed by atoms with Gasteiger partial charge in [0.25, 0.3) is 5.56 Å². The van der Waals surface area contributed by atoms with Crippen LogP contribution in [0, 0.1) is 4.77 Å². The number of amides is 1. The summed E-state index contributed by atoms with van der Waals surface area (Å²) in [6.07, 6.45) is 3.29. The summed E-state index contributed by atoms with van der Waals surface area (Å²) in [7, 11) is 0. The maximum absolute atomic E-state index is 12.0. The van der Waals surface area contributed by atoms with E-state index >= 15 is 0 Å². The number of benzene rings is 1. The van der Waals surface area contributed by atoms with Crippen molar-refractivity contribution in [2.45, 2.75) is 31.3 Å². The Morgan fingerprint density at radius 3 is 2.85 bits per heavy atom. The molecule has 1 amide bonds. The predicted octanol–water partition coefficient (Wildman–Crippen LogP) is 3.08. The van der Waals surface area contributed by atoms with Crippen LogP contribution < -0.4 is 10.9 Å². The van der Waals surface area contributed by atoms with E-state index in [-0.39, 0.29) is 5.56 Å². The minimum Gasteiger partial charge on any atom is -0.465 e. The first kappa shape index (κ1) is 16.6. The summed E-state index contributed by atoms with van der Waals surface area (Å²) >= 11 is 5.33. The Hall–Kier alpha value is -2.87. The number of hydrogen-bond donors (Lipinski definition) is 4. The van der Waals surface area contributed by atoms with Crippen LogP contribution in [0.2, 0.25) is 0 Å². The summed E-state index contributed by atoms with van der Waals surface area (Å²) in [5.74, 6) is 0. The topological polar surface area (TPSA) is 103 Å². The van der Waals surface area contributed by atoms with Crippen LogP contribution in [-0.4, -0.2) is 25.7 Å². The minimum atomic E-state index is -1.01. The van der Waals surface area contributed by atoms with Crippen molar-refractivity contribution in [2.24, 2.45) is 0 Å². The first-order valence-corrected chi connectivity index (χ1v) is 8.80. The molecule has 134 valence electrons. The minimum absolute atomic E-state index is 0.237. The fourth-order valence-electron chi connectivity index (χ4n) is 3.63. The molecule has 1 saturated carbocycles. The zero-order valence-corrected chi connectivity index (χ0v) is 14.7. The third kappa shape index (κ3) is 2.72. The second kappa shape index (κ2) is 6.14. The summed E-state index contributed by atoms with van der Waals surface area (Å²) < 4.78 is 2.22. The second-order valence-electron chi connectivity index (χ2n) is 6.65. The van der Waals surface area contributed by atoms with Gasteiger partial charge in [-0.05, 0) is 48.7 Å². The van der Waals surface area contributed by atoms with E-state index in [1.807, 2.05) is 34.9 Å². The van der Waals surface area contributed by atoms with Gasteiger partial charge in [0.1, 0.15) is 5.52 Å². The average molecular weight is 370 g/mol. The molecule has 4 N–H and O–H groups in total. The summed E-state index contributed by atoms with van der Waals surface area (Å²) in [6, 6.07) is 9.70. The number of nitrogens with one attached hydrogen (secondary N) is 3. The van der Waals surface area contributed by atoms with Crippen LogP contribution in [0.5, 0.6) is 0 Å². The monoisotopic (exact) mass is 370 g/mol. The fraction of sp³-hybridized carbons (Fsp3) is 0.278. The van der Waals surface area contributed by atoms with Crippen LogP contribution in [-0.2, 0) is 12.1 Å². The smallest absolute Gasteiger partial charge is 0.405 e. The van der Waals surface area contributed by atoms with Gasteiger partial charge in [-0.15, -0.1) is 0 Å². The van der Waals surface area contributed by atoms with Crippen molar-refractivity contribution in [3.05, 3.63) is 62.8 Å². The standard InChI is InChI=1S/C18H18N4O3S/c23-15-14-13(5-8-19-14)22(16(26)20-15)10-11-3-1-4-12(9-11)18(6-2-7-18)21-17(24)25/h1,3-5,8-9,19,21H,2,6-7,10H2,(H,24,25)(H,20,23,26). The molecule has 1 fully saturated rings. The Kier molecular flexibility index (Phi) is 3.91. The van der Waals surface area contributed by atoms with E-state index in [1.54, 1.807) is 6.20 Å². The number of H-pyrrole nitrogens is 2. The highest BCUT2D eigenvalue weighted by Crippen LogP contribution is 2.41. The molecule has 0 aliphatic heterocycles. The Labute approximate surface area is 153 Å². The molecule has 0 unspecified atom stereocenters. The zero-order chi connectivity index (χ0) is 18.3. The van der Waals surface area contributed by atoms with Gasteiger partial charge >= 0.3 is 6.09 Å². The van der Waals surface area contributed by atoms with Crippen molar-refractivity contribution in [3.8, 4) is 0 Å². The van der Waals surface area contributed by atoms with Crippen molar-refractivity contribution < 1.29 is 9.90 Å². The molecule has 1 aromatic carbocycles. The number of aromatic nitrogens is 3. The number of carbonyl (C=O) groups is 1. The first-order chi connectivity index (χ1) is 12.5. The van der Waals surface area contributed by atoms with Gasteiger partial charge in [0.05, 0.1) is 17.6 Å². The third-order valence-corrected chi connectivity index (χ3v) is 5.40. The summed E-state index contributed by atoms with van der Waals surface area (Å²) in [5, 5.41) is 11.9. The van der Waals surface area contributed by atoms with Gasteiger partial charge in [-0.25, -0.2) is 4.79 Å². The first-order valence-electron chi connectivity index (χ1n) is 8.39. The SMILES string of the molecule is O=C(O)NC1(c2cccc(Cn3c(=S)[nH]c(=O)c4[nH]ccc43)c2)CCC1. The largest absolute Gasteiger partial charge is 0.465 e. The van der Waals surface area contributed by atoms with Crippen LogP contribution in [0.15, 0.2) is 41.3 Å². The van der Waals surface area contributed by atoms with Gasteiger partial charge in [0.15, 0.2) is 4.77 Å². The van der Waals surface area contributed by atoms with Crippen LogP contribution >= 0.6 is 12.2 Å². The fourth-order valence-corrected chi connectivity index (χ4v) is 3.89. The third-order valence-electron chi connectivity index (χ3n) is 5.08. The van der Waals surface area contributed by atoms with E-state index in [2.05, 4.69) is 15.3 Å².